The third kappa shape index (κ3) is 4.40. The summed E-state index contributed by atoms with van der Waals surface area (Å²) in [6, 6.07) is 13.3. The fraction of sp³-hybridized carbons (Fsp3) is 0.304. The van der Waals surface area contributed by atoms with Crippen molar-refractivity contribution in [3.05, 3.63) is 70.0 Å². The second kappa shape index (κ2) is 8.28. The van der Waals surface area contributed by atoms with Crippen molar-refractivity contribution in [2.24, 2.45) is 5.92 Å². The number of nitrogens with one attached hydrogen (secondary N) is 2. The molecule has 0 saturated carbocycles. The SMILES string of the molecule is Cc1ccc(NC(=O)[C@H]2CCCN(S(=O)(=O)c3ccc4[nH]c(=O)ccc4c3)C2)cc1C. The number of sulfonamides is 1. The number of hydrogen-bond acceptors (Lipinski definition) is 4. The molecule has 0 bridgehead atoms. The van der Waals surface area contributed by atoms with Gasteiger partial charge in [0.15, 0.2) is 0 Å². The maximum atomic E-state index is 13.2. The van der Waals surface area contributed by atoms with E-state index < -0.39 is 15.9 Å². The Labute approximate surface area is 181 Å². The summed E-state index contributed by atoms with van der Waals surface area (Å²) in [5.41, 5.74) is 3.29. The summed E-state index contributed by atoms with van der Waals surface area (Å²) < 4.78 is 27.8. The first kappa shape index (κ1) is 21.3. The van der Waals surface area contributed by atoms with Gasteiger partial charge < -0.3 is 10.3 Å². The lowest BCUT2D eigenvalue weighted by molar-refractivity contribution is -0.120. The van der Waals surface area contributed by atoms with Crippen LogP contribution in [0, 0.1) is 19.8 Å². The van der Waals surface area contributed by atoms with Crippen LogP contribution in [0.1, 0.15) is 24.0 Å². The largest absolute Gasteiger partial charge is 0.326 e. The first-order valence-corrected chi connectivity index (χ1v) is 11.7. The molecule has 7 nitrogen and oxygen atoms in total. The van der Waals surface area contributed by atoms with Gasteiger partial charge >= 0.3 is 0 Å². The molecule has 1 aliphatic heterocycles. The maximum Gasteiger partial charge on any atom is 0.248 e. The van der Waals surface area contributed by atoms with Crippen molar-refractivity contribution in [2.75, 3.05) is 18.4 Å². The molecule has 2 aromatic carbocycles. The zero-order chi connectivity index (χ0) is 22.2. The van der Waals surface area contributed by atoms with Crippen LogP contribution in [0.25, 0.3) is 10.9 Å². The lowest BCUT2D eigenvalue weighted by atomic mass is 9.98. The predicted octanol–water partition coefficient (Wildman–Crippen LogP) is 3.18. The number of fused-ring (bicyclic) bond motifs is 1. The Morgan fingerprint density at radius 2 is 1.87 bits per heavy atom. The molecule has 1 amide bonds. The lowest BCUT2D eigenvalue weighted by Gasteiger charge is -2.31. The van der Waals surface area contributed by atoms with Crippen LogP contribution in [0.3, 0.4) is 0 Å². The number of rotatable bonds is 4. The van der Waals surface area contributed by atoms with Gasteiger partial charge in [0, 0.05) is 30.4 Å². The van der Waals surface area contributed by atoms with Crippen molar-refractivity contribution < 1.29 is 13.2 Å². The first-order valence-electron chi connectivity index (χ1n) is 10.3. The Kier molecular flexibility index (Phi) is 5.68. The molecule has 0 spiro atoms. The average Bonchev–Trinajstić information content (AvgIpc) is 2.76. The zero-order valence-corrected chi connectivity index (χ0v) is 18.3. The van der Waals surface area contributed by atoms with E-state index in [0.717, 1.165) is 16.8 Å². The summed E-state index contributed by atoms with van der Waals surface area (Å²) in [5.74, 6) is -0.582. The molecule has 0 unspecified atom stereocenters. The second-order valence-corrected chi connectivity index (χ2v) is 10.0. The Morgan fingerprint density at radius 1 is 1.06 bits per heavy atom. The number of amides is 1. The maximum absolute atomic E-state index is 13.2. The monoisotopic (exact) mass is 439 g/mol. The molecule has 1 aromatic heterocycles. The van der Waals surface area contributed by atoms with E-state index in [-0.39, 0.29) is 22.9 Å². The summed E-state index contributed by atoms with van der Waals surface area (Å²) in [6.45, 7) is 4.51. The molecular weight excluding hydrogens is 414 g/mol. The van der Waals surface area contributed by atoms with Gasteiger partial charge in [0.1, 0.15) is 0 Å². The number of piperidine rings is 1. The fourth-order valence-electron chi connectivity index (χ4n) is 3.88. The zero-order valence-electron chi connectivity index (χ0n) is 17.5. The number of aryl methyl sites for hydroxylation is 2. The minimum absolute atomic E-state index is 0.142. The Bertz CT molecular complexity index is 1310. The number of aromatic nitrogens is 1. The quantitative estimate of drug-likeness (QED) is 0.652. The number of pyridine rings is 1. The van der Waals surface area contributed by atoms with Crippen molar-refractivity contribution in [2.45, 2.75) is 31.6 Å². The van der Waals surface area contributed by atoms with Crippen molar-refractivity contribution in [1.82, 2.24) is 9.29 Å². The van der Waals surface area contributed by atoms with Gasteiger partial charge in [0.2, 0.25) is 21.5 Å². The molecule has 1 saturated heterocycles. The first-order chi connectivity index (χ1) is 14.7. The van der Waals surface area contributed by atoms with Gasteiger partial charge in [-0.3, -0.25) is 9.59 Å². The molecule has 1 fully saturated rings. The van der Waals surface area contributed by atoms with Gasteiger partial charge in [-0.05, 0) is 79.6 Å². The third-order valence-electron chi connectivity index (χ3n) is 5.86. The van der Waals surface area contributed by atoms with Crippen molar-refractivity contribution in [3.63, 3.8) is 0 Å². The molecule has 1 atom stereocenters. The van der Waals surface area contributed by atoms with Crippen LogP contribution in [0.2, 0.25) is 0 Å². The van der Waals surface area contributed by atoms with Gasteiger partial charge in [0.05, 0.1) is 10.8 Å². The minimum atomic E-state index is -3.75. The predicted molar refractivity (Wildman–Crippen MR) is 121 cm³/mol. The number of carbonyl (C=O) groups excluding carboxylic acids is 1. The van der Waals surface area contributed by atoms with E-state index in [1.807, 2.05) is 32.0 Å². The number of hydrogen-bond donors (Lipinski definition) is 2. The number of benzene rings is 2. The topological polar surface area (TPSA) is 99.3 Å². The van der Waals surface area contributed by atoms with Crippen molar-refractivity contribution in [3.8, 4) is 0 Å². The lowest BCUT2D eigenvalue weighted by Crippen LogP contribution is -2.43. The molecule has 3 aromatic rings. The standard InChI is InChI=1S/C23H25N3O4S/c1-15-5-7-19(12-16(15)2)24-23(28)18-4-3-11-26(14-18)31(29,30)20-8-9-21-17(13-20)6-10-22(27)25-21/h5-10,12-13,18H,3-4,11,14H2,1-2H3,(H,24,28)(H,25,27)/t18-/m0/s1. The third-order valence-corrected chi connectivity index (χ3v) is 7.72. The van der Waals surface area contributed by atoms with Crippen LogP contribution in [-0.4, -0.2) is 36.7 Å². The molecule has 4 rings (SSSR count). The summed E-state index contributed by atoms with van der Waals surface area (Å²) in [6.07, 6.45) is 1.26. The highest BCUT2D eigenvalue weighted by molar-refractivity contribution is 7.89. The van der Waals surface area contributed by atoms with Crippen molar-refractivity contribution >= 4 is 32.5 Å². The summed E-state index contributed by atoms with van der Waals surface area (Å²) in [5, 5.41) is 3.57. The van der Waals surface area contributed by atoms with Crippen LogP contribution in [-0.2, 0) is 14.8 Å². The molecule has 8 heteroatoms. The molecule has 162 valence electrons. The number of anilines is 1. The molecule has 2 heterocycles. The van der Waals surface area contributed by atoms with E-state index in [2.05, 4.69) is 10.3 Å². The van der Waals surface area contributed by atoms with Crippen LogP contribution in [0.15, 0.2) is 58.2 Å². The summed E-state index contributed by atoms with van der Waals surface area (Å²) >= 11 is 0. The smallest absolute Gasteiger partial charge is 0.248 e. The summed E-state index contributed by atoms with van der Waals surface area (Å²) in [7, 11) is -3.75. The number of aromatic amines is 1. The molecule has 0 aliphatic carbocycles. The van der Waals surface area contributed by atoms with E-state index in [0.29, 0.717) is 30.3 Å². The minimum Gasteiger partial charge on any atom is -0.326 e. The van der Waals surface area contributed by atoms with Gasteiger partial charge in [0.25, 0.3) is 0 Å². The van der Waals surface area contributed by atoms with Gasteiger partial charge in [-0.25, -0.2) is 8.42 Å². The number of H-pyrrole nitrogens is 1. The molecule has 0 radical (unpaired) electrons. The van der Waals surface area contributed by atoms with Crippen LogP contribution in [0.4, 0.5) is 5.69 Å². The van der Waals surface area contributed by atoms with Gasteiger partial charge in [-0.15, -0.1) is 0 Å². The highest BCUT2D eigenvalue weighted by Gasteiger charge is 2.33. The molecular formula is C23H25N3O4S. The average molecular weight is 440 g/mol. The Balaban J connectivity index is 1.53. The van der Waals surface area contributed by atoms with E-state index in [4.69, 9.17) is 0 Å². The highest BCUT2D eigenvalue weighted by atomic mass is 32.2. The van der Waals surface area contributed by atoms with Crippen LogP contribution in [0.5, 0.6) is 0 Å². The fourth-order valence-corrected chi connectivity index (χ4v) is 5.44. The van der Waals surface area contributed by atoms with E-state index >= 15 is 0 Å². The Hall–Kier alpha value is -2.97. The van der Waals surface area contributed by atoms with Crippen molar-refractivity contribution in [1.29, 1.82) is 0 Å². The van der Waals surface area contributed by atoms with E-state index in [9.17, 15) is 18.0 Å². The van der Waals surface area contributed by atoms with Gasteiger partial charge in [-0.1, -0.05) is 6.07 Å². The second-order valence-electron chi connectivity index (χ2n) is 8.06. The van der Waals surface area contributed by atoms with Crippen LogP contribution < -0.4 is 10.9 Å². The van der Waals surface area contributed by atoms with Crippen LogP contribution >= 0.6 is 0 Å². The normalized spacial score (nSPS) is 17.5. The Morgan fingerprint density at radius 3 is 2.65 bits per heavy atom. The van der Waals surface area contributed by atoms with E-state index in [1.165, 1.54) is 16.4 Å². The van der Waals surface area contributed by atoms with Gasteiger partial charge in [-0.2, -0.15) is 4.31 Å². The molecule has 2 N–H and O–H groups in total. The molecule has 31 heavy (non-hydrogen) atoms. The number of carbonyl (C=O) groups is 1. The highest BCUT2D eigenvalue weighted by Crippen LogP contribution is 2.26. The summed E-state index contributed by atoms with van der Waals surface area (Å²) in [4.78, 5) is 27.1. The number of nitrogens with zero attached hydrogens (tertiary/aromatic N) is 1. The molecule has 1 aliphatic rings. The van der Waals surface area contributed by atoms with E-state index in [1.54, 1.807) is 18.2 Å².